The molecule has 0 aliphatic heterocycles. The molecule has 0 fully saturated rings. The molecule has 0 rings (SSSR count). The first-order valence-electron chi connectivity index (χ1n) is 6.55. The summed E-state index contributed by atoms with van der Waals surface area (Å²) in [6.45, 7) is 3.72. The summed E-state index contributed by atoms with van der Waals surface area (Å²) < 4.78 is 25.2. The highest BCUT2D eigenvalue weighted by atomic mass is 35.5. The number of hydrogen-bond donors (Lipinski definition) is 0. The first-order valence-corrected chi connectivity index (χ1v) is 6.93. The van der Waals surface area contributed by atoms with E-state index in [1.807, 2.05) is 0 Å². The average Bonchev–Trinajstić information content (AvgIpc) is 2.20. The Bertz CT molecular complexity index is 155. The highest BCUT2D eigenvalue weighted by Crippen LogP contribution is 2.32. The summed E-state index contributed by atoms with van der Waals surface area (Å²) in [5, 5.41) is -3.03. The fraction of sp³-hybridized carbons (Fsp3) is 1.00. The number of alkyl halides is 3. The van der Waals surface area contributed by atoms with Crippen LogP contribution in [0.15, 0.2) is 0 Å². The summed E-state index contributed by atoms with van der Waals surface area (Å²) in [5.74, 6) is -0.700. The molecule has 0 aromatic rings. The van der Waals surface area contributed by atoms with Gasteiger partial charge in [0.25, 0.3) is 0 Å². The van der Waals surface area contributed by atoms with Gasteiger partial charge in [-0.1, -0.05) is 65.2 Å². The Morgan fingerprint density at radius 2 is 1.38 bits per heavy atom. The fourth-order valence-electron chi connectivity index (χ4n) is 1.75. The van der Waals surface area contributed by atoms with Gasteiger partial charge in [-0.3, -0.25) is 0 Å². The van der Waals surface area contributed by atoms with Crippen LogP contribution in [0.25, 0.3) is 0 Å². The smallest absolute Gasteiger partial charge is 0.188 e. The van der Waals surface area contributed by atoms with Crippen molar-refractivity contribution in [3.63, 3.8) is 0 Å². The molecule has 1 unspecified atom stereocenters. The van der Waals surface area contributed by atoms with Gasteiger partial charge in [0.05, 0.1) is 0 Å². The molecule has 0 aromatic carbocycles. The van der Waals surface area contributed by atoms with Crippen LogP contribution >= 0.6 is 11.6 Å². The second kappa shape index (κ2) is 9.21. The number of halogens is 3. The van der Waals surface area contributed by atoms with Crippen LogP contribution in [0.2, 0.25) is 0 Å². The Kier molecular flexibility index (Phi) is 9.29. The van der Waals surface area contributed by atoms with Gasteiger partial charge in [-0.25, -0.2) is 0 Å². The molecule has 0 bridgehead atoms. The molecule has 0 aliphatic rings. The zero-order valence-corrected chi connectivity index (χ0v) is 11.3. The van der Waals surface area contributed by atoms with Crippen LogP contribution < -0.4 is 0 Å². The predicted molar refractivity (Wildman–Crippen MR) is 67.2 cm³/mol. The number of rotatable bonds is 10. The molecule has 0 spiro atoms. The SMILES string of the molecule is CCCCCCCCCCC(C)C(F)(F)Cl. The van der Waals surface area contributed by atoms with E-state index in [2.05, 4.69) is 6.92 Å². The van der Waals surface area contributed by atoms with E-state index in [9.17, 15) is 8.78 Å². The molecular formula is C13H25ClF2. The fourth-order valence-corrected chi connectivity index (χ4v) is 1.86. The van der Waals surface area contributed by atoms with Crippen molar-refractivity contribution >= 4 is 11.6 Å². The number of unbranched alkanes of at least 4 members (excludes halogenated alkanes) is 7. The maximum absolute atomic E-state index is 12.6. The van der Waals surface area contributed by atoms with Crippen LogP contribution in [0.5, 0.6) is 0 Å². The molecule has 0 amide bonds. The lowest BCUT2D eigenvalue weighted by Crippen LogP contribution is -2.18. The normalized spacial score (nSPS) is 14.1. The number of hydrogen-bond acceptors (Lipinski definition) is 0. The van der Waals surface area contributed by atoms with E-state index in [-0.39, 0.29) is 0 Å². The standard InChI is InChI=1S/C13H25ClF2/c1-3-4-5-6-7-8-9-10-11-12(2)13(14,15)16/h12H,3-11H2,1-2H3. The van der Waals surface area contributed by atoms with Crippen molar-refractivity contribution in [3.8, 4) is 0 Å². The molecule has 0 aromatic heterocycles. The molecule has 0 saturated heterocycles. The van der Waals surface area contributed by atoms with E-state index in [0.717, 1.165) is 12.8 Å². The van der Waals surface area contributed by atoms with Crippen LogP contribution in [-0.2, 0) is 0 Å². The second-order valence-corrected chi connectivity index (χ2v) is 5.21. The van der Waals surface area contributed by atoms with Crippen molar-refractivity contribution in [2.75, 3.05) is 0 Å². The Labute approximate surface area is 104 Å². The third kappa shape index (κ3) is 9.38. The molecule has 0 heterocycles. The molecule has 0 radical (unpaired) electrons. The minimum atomic E-state index is -3.03. The van der Waals surface area contributed by atoms with E-state index in [0.29, 0.717) is 6.42 Å². The molecule has 0 saturated carbocycles. The molecule has 0 nitrogen and oxygen atoms in total. The zero-order chi connectivity index (χ0) is 12.4. The Morgan fingerprint density at radius 1 is 0.938 bits per heavy atom. The van der Waals surface area contributed by atoms with E-state index in [4.69, 9.17) is 11.6 Å². The van der Waals surface area contributed by atoms with Gasteiger partial charge >= 0.3 is 5.38 Å². The molecule has 0 aliphatic carbocycles. The lowest BCUT2D eigenvalue weighted by molar-refractivity contribution is 0.0320. The maximum Gasteiger partial charge on any atom is 0.324 e. The average molecular weight is 255 g/mol. The van der Waals surface area contributed by atoms with E-state index in [1.165, 1.54) is 45.4 Å². The molecular weight excluding hydrogens is 230 g/mol. The van der Waals surface area contributed by atoms with E-state index >= 15 is 0 Å². The largest absolute Gasteiger partial charge is 0.324 e. The monoisotopic (exact) mass is 254 g/mol. The molecule has 98 valence electrons. The molecule has 16 heavy (non-hydrogen) atoms. The van der Waals surface area contributed by atoms with Gasteiger partial charge in [0.15, 0.2) is 0 Å². The van der Waals surface area contributed by atoms with Crippen molar-refractivity contribution < 1.29 is 8.78 Å². The first-order chi connectivity index (χ1) is 7.48. The van der Waals surface area contributed by atoms with Gasteiger partial charge < -0.3 is 0 Å². The second-order valence-electron chi connectivity index (χ2n) is 4.71. The van der Waals surface area contributed by atoms with Gasteiger partial charge in [-0.05, 0) is 18.0 Å². The minimum absolute atomic E-state index is 0.533. The minimum Gasteiger partial charge on any atom is -0.188 e. The van der Waals surface area contributed by atoms with E-state index in [1.54, 1.807) is 0 Å². The summed E-state index contributed by atoms with van der Waals surface area (Å²) in [6, 6.07) is 0. The van der Waals surface area contributed by atoms with Crippen LogP contribution in [0.1, 0.15) is 71.6 Å². The quantitative estimate of drug-likeness (QED) is 0.332. The lowest BCUT2D eigenvalue weighted by atomic mass is 10.0. The van der Waals surface area contributed by atoms with Crippen molar-refractivity contribution in [1.82, 2.24) is 0 Å². The third-order valence-electron chi connectivity index (χ3n) is 3.05. The van der Waals surface area contributed by atoms with Gasteiger partial charge in [0.1, 0.15) is 0 Å². The van der Waals surface area contributed by atoms with Crippen LogP contribution in [0, 0.1) is 5.92 Å². The highest BCUT2D eigenvalue weighted by molar-refractivity contribution is 6.21. The summed E-state index contributed by atoms with van der Waals surface area (Å²) >= 11 is 4.95. The van der Waals surface area contributed by atoms with Gasteiger partial charge in [-0.15, -0.1) is 0 Å². The third-order valence-corrected chi connectivity index (χ3v) is 3.42. The summed E-state index contributed by atoms with van der Waals surface area (Å²) in [4.78, 5) is 0. The van der Waals surface area contributed by atoms with Gasteiger partial charge in [0.2, 0.25) is 0 Å². The Balaban J connectivity index is 3.21. The van der Waals surface area contributed by atoms with Crippen molar-refractivity contribution in [2.24, 2.45) is 5.92 Å². The Morgan fingerprint density at radius 3 is 1.81 bits per heavy atom. The van der Waals surface area contributed by atoms with Crippen molar-refractivity contribution in [3.05, 3.63) is 0 Å². The topological polar surface area (TPSA) is 0 Å². The highest BCUT2D eigenvalue weighted by Gasteiger charge is 2.32. The van der Waals surface area contributed by atoms with E-state index < -0.39 is 11.3 Å². The summed E-state index contributed by atoms with van der Waals surface area (Å²) in [7, 11) is 0. The van der Waals surface area contributed by atoms with Gasteiger partial charge in [0, 0.05) is 5.92 Å². The summed E-state index contributed by atoms with van der Waals surface area (Å²) in [6.07, 6.45) is 10.1. The Hall–Kier alpha value is 0.150. The summed E-state index contributed by atoms with van der Waals surface area (Å²) in [5.41, 5.74) is 0. The van der Waals surface area contributed by atoms with Gasteiger partial charge in [-0.2, -0.15) is 8.78 Å². The molecule has 0 N–H and O–H groups in total. The van der Waals surface area contributed by atoms with Crippen molar-refractivity contribution in [2.45, 2.75) is 77.0 Å². The van der Waals surface area contributed by atoms with Crippen molar-refractivity contribution in [1.29, 1.82) is 0 Å². The maximum atomic E-state index is 12.6. The van der Waals surface area contributed by atoms with Crippen LogP contribution in [0.4, 0.5) is 8.78 Å². The zero-order valence-electron chi connectivity index (χ0n) is 10.6. The molecule has 1 atom stereocenters. The molecule has 3 heteroatoms. The van der Waals surface area contributed by atoms with Crippen LogP contribution in [0.3, 0.4) is 0 Å². The van der Waals surface area contributed by atoms with Crippen LogP contribution in [-0.4, -0.2) is 5.38 Å². The predicted octanol–water partition coefficient (Wildman–Crippen LogP) is 5.98. The first kappa shape index (κ1) is 16.1. The lowest BCUT2D eigenvalue weighted by Gasteiger charge is -2.16.